The van der Waals surface area contributed by atoms with Crippen molar-refractivity contribution < 1.29 is 0 Å². The van der Waals surface area contributed by atoms with Crippen LogP contribution >= 0.6 is 0 Å². The summed E-state index contributed by atoms with van der Waals surface area (Å²) in [6, 6.07) is 1.63. The predicted molar refractivity (Wildman–Crippen MR) is 72.1 cm³/mol. The predicted octanol–water partition coefficient (Wildman–Crippen LogP) is 2.64. The van der Waals surface area contributed by atoms with Crippen LogP contribution in [0.15, 0.2) is 0 Å². The van der Waals surface area contributed by atoms with Crippen LogP contribution < -0.4 is 5.32 Å². The molecule has 2 heteroatoms. The molecule has 1 saturated heterocycles. The fraction of sp³-hybridized carbons (Fsp3) is 1.00. The first-order valence-electron chi connectivity index (χ1n) is 7.84. The van der Waals surface area contributed by atoms with E-state index in [9.17, 15) is 0 Å². The van der Waals surface area contributed by atoms with E-state index in [1.54, 1.807) is 0 Å². The van der Waals surface area contributed by atoms with Crippen molar-refractivity contribution in [3.8, 4) is 0 Å². The molecular weight excluding hydrogens is 208 g/mol. The molecule has 2 saturated carbocycles. The van der Waals surface area contributed by atoms with Gasteiger partial charge in [-0.05, 0) is 43.9 Å². The van der Waals surface area contributed by atoms with Gasteiger partial charge in [0.25, 0.3) is 0 Å². The summed E-state index contributed by atoms with van der Waals surface area (Å²) in [7, 11) is 0. The molecule has 0 bridgehead atoms. The Bertz CT molecular complexity index is 241. The van der Waals surface area contributed by atoms with Crippen LogP contribution in [0.4, 0.5) is 0 Å². The van der Waals surface area contributed by atoms with Gasteiger partial charge in [0.05, 0.1) is 0 Å². The molecule has 0 aromatic carbocycles. The molecule has 3 aliphatic rings. The molecular formula is C15H28N2. The molecule has 98 valence electrons. The normalized spacial score (nSPS) is 36.5. The molecule has 1 N–H and O–H groups in total. The van der Waals surface area contributed by atoms with Crippen LogP contribution in [-0.2, 0) is 0 Å². The lowest BCUT2D eigenvalue weighted by molar-refractivity contribution is 0.101. The van der Waals surface area contributed by atoms with E-state index in [0.29, 0.717) is 0 Å². The van der Waals surface area contributed by atoms with Crippen molar-refractivity contribution in [3.05, 3.63) is 0 Å². The third-order valence-electron chi connectivity index (χ3n) is 5.19. The summed E-state index contributed by atoms with van der Waals surface area (Å²) in [6.45, 7) is 6.32. The van der Waals surface area contributed by atoms with Gasteiger partial charge in [0.2, 0.25) is 0 Å². The molecule has 2 aliphatic carbocycles. The Hall–Kier alpha value is -0.0800. The summed E-state index contributed by atoms with van der Waals surface area (Å²) in [5.74, 6) is 2.03. The largest absolute Gasteiger partial charge is 0.311 e. The van der Waals surface area contributed by atoms with Crippen molar-refractivity contribution in [2.45, 2.75) is 64.0 Å². The molecule has 0 aromatic heterocycles. The molecule has 17 heavy (non-hydrogen) atoms. The maximum atomic E-state index is 3.80. The number of piperazine rings is 1. The first-order chi connectivity index (χ1) is 8.36. The fourth-order valence-electron chi connectivity index (χ4n) is 3.85. The van der Waals surface area contributed by atoms with Crippen LogP contribution in [0.2, 0.25) is 0 Å². The van der Waals surface area contributed by atoms with Crippen LogP contribution in [0.3, 0.4) is 0 Å². The molecule has 2 unspecified atom stereocenters. The molecule has 1 aliphatic heterocycles. The minimum absolute atomic E-state index is 0.811. The summed E-state index contributed by atoms with van der Waals surface area (Å²) in [5, 5.41) is 3.80. The molecule has 3 fully saturated rings. The number of hydrogen-bond donors (Lipinski definition) is 1. The van der Waals surface area contributed by atoms with E-state index in [-0.39, 0.29) is 0 Å². The van der Waals surface area contributed by atoms with Crippen LogP contribution in [-0.4, -0.2) is 36.6 Å². The maximum absolute atomic E-state index is 3.80. The molecule has 2 atom stereocenters. The second kappa shape index (κ2) is 5.27. The highest BCUT2D eigenvalue weighted by molar-refractivity contribution is 4.94. The smallest absolute Gasteiger partial charge is 0.0224 e. The van der Waals surface area contributed by atoms with Gasteiger partial charge < -0.3 is 5.32 Å². The van der Waals surface area contributed by atoms with E-state index in [0.717, 1.165) is 23.9 Å². The second-order valence-corrected chi connectivity index (χ2v) is 6.52. The number of rotatable bonds is 4. The topological polar surface area (TPSA) is 15.3 Å². The average molecular weight is 236 g/mol. The lowest BCUT2D eigenvalue weighted by Gasteiger charge is -2.41. The fourth-order valence-corrected chi connectivity index (χ4v) is 3.85. The Morgan fingerprint density at radius 3 is 2.53 bits per heavy atom. The van der Waals surface area contributed by atoms with Gasteiger partial charge in [-0.3, -0.25) is 4.90 Å². The van der Waals surface area contributed by atoms with Crippen LogP contribution in [0.5, 0.6) is 0 Å². The summed E-state index contributed by atoms with van der Waals surface area (Å²) < 4.78 is 0. The van der Waals surface area contributed by atoms with Crippen molar-refractivity contribution in [3.63, 3.8) is 0 Å². The Balaban J connectivity index is 1.56. The average Bonchev–Trinajstić information content (AvgIpc) is 3.09. The van der Waals surface area contributed by atoms with Gasteiger partial charge in [0.15, 0.2) is 0 Å². The molecule has 0 radical (unpaired) electrons. The van der Waals surface area contributed by atoms with E-state index in [1.807, 2.05) is 0 Å². The summed E-state index contributed by atoms with van der Waals surface area (Å²) in [5.41, 5.74) is 0. The standard InChI is InChI=1S/C15H28N2/c1-2-14-9-16-15(13-7-8-13)11-17(14)10-12-5-3-4-6-12/h12-16H,2-11H2,1H3. The van der Waals surface area contributed by atoms with Gasteiger partial charge >= 0.3 is 0 Å². The Labute approximate surface area is 106 Å². The minimum atomic E-state index is 0.811. The Kier molecular flexibility index (Phi) is 3.72. The number of hydrogen-bond acceptors (Lipinski definition) is 2. The van der Waals surface area contributed by atoms with E-state index in [1.165, 1.54) is 64.6 Å². The molecule has 3 rings (SSSR count). The zero-order valence-corrected chi connectivity index (χ0v) is 11.3. The van der Waals surface area contributed by atoms with Crippen molar-refractivity contribution in [2.75, 3.05) is 19.6 Å². The SMILES string of the molecule is CCC1CNC(C2CC2)CN1CC1CCCC1. The van der Waals surface area contributed by atoms with Gasteiger partial charge in [-0.25, -0.2) is 0 Å². The molecule has 0 spiro atoms. The van der Waals surface area contributed by atoms with Crippen molar-refractivity contribution in [2.24, 2.45) is 11.8 Å². The summed E-state index contributed by atoms with van der Waals surface area (Å²) >= 11 is 0. The number of nitrogens with one attached hydrogen (secondary N) is 1. The van der Waals surface area contributed by atoms with Gasteiger partial charge in [0.1, 0.15) is 0 Å². The van der Waals surface area contributed by atoms with Crippen LogP contribution in [0.1, 0.15) is 51.9 Å². The van der Waals surface area contributed by atoms with Crippen molar-refractivity contribution in [1.29, 1.82) is 0 Å². The first-order valence-corrected chi connectivity index (χ1v) is 7.84. The van der Waals surface area contributed by atoms with E-state index in [2.05, 4.69) is 17.1 Å². The summed E-state index contributed by atoms with van der Waals surface area (Å²) in [6.07, 6.45) is 10.2. The highest BCUT2D eigenvalue weighted by Crippen LogP contribution is 2.35. The molecule has 1 heterocycles. The third kappa shape index (κ3) is 2.85. The Morgan fingerprint density at radius 1 is 1.12 bits per heavy atom. The quantitative estimate of drug-likeness (QED) is 0.807. The molecule has 2 nitrogen and oxygen atoms in total. The van der Waals surface area contributed by atoms with Gasteiger partial charge in [0, 0.05) is 31.7 Å². The third-order valence-corrected chi connectivity index (χ3v) is 5.19. The van der Waals surface area contributed by atoms with Crippen LogP contribution in [0, 0.1) is 11.8 Å². The van der Waals surface area contributed by atoms with E-state index in [4.69, 9.17) is 0 Å². The van der Waals surface area contributed by atoms with Crippen LogP contribution in [0.25, 0.3) is 0 Å². The molecule has 0 amide bonds. The van der Waals surface area contributed by atoms with E-state index < -0.39 is 0 Å². The summed E-state index contributed by atoms with van der Waals surface area (Å²) in [4.78, 5) is 2.83. The lowest BCUT2D eigenvalue weighted by Crippen LogP contribution is -2.57. The van der Waals surface area contributed by atoms with Crippen molar-refractivity contribution in [1.82, 2.24) is 10.2 Å². The molecule has 0 aromatic rings. The zero-order chi connectivity index (χ0) is 11.7. The van der Waals surface area contributed by atoms with E-state index >= 15 is 0 Å². The zero-order valence-electron chi connectivity index (χ0n) is 11.3. The first kappa shape index (κ1) is 12.0. The second-order valence-electron chi connectivity index (χ2n) is 6.52. The van der Waals surface area contributed by atoms with Crippen molar-refractivity contribution >= 4 is 0 Å². The van der Waals surface area contributed by atoms with Gasteiger partial charge in [-0.15, -0.1) is 0 Å². The lowest BCUT2D eigenvalue weighted by atomic mass is 10.00. The van der Waals surface area contributed by atoms with Gasteiger partial charge in [-0.2, -0.15) is 0 Å². The highest BCUT2D eigenvalue weighted by atomic mass is 15.2. The monoisotopic (exact) mass is 236 g/mol. The minimum Gasteiger partial charge on any atom is -0.311 e. The number of nitrogens with zero attached hydrogens (tertiary/aromatic N) is 1. The Morgan fingerprint density at radius 2 is 1.88 bits per heavy atom. The van der Waals surface area contributed by atoms with Gasteiger partial charge in [-0.1, -0.05) is 19.8 Å². The maximum Gasteiger partial charge on any atom is 0.0224 e. The highest BCUT2D eigenvalue weighted by Gasteiger charge is 2.37.